The monoisotopic (exact) mass is 474 g/mol. The van der Waals surface area contributed by atoms with Crippen molar-refractivity contribution in [2.75, 3.05) is 19.7 Å². The van der Waals surface area contributed by atoms with Crippen LogP contribution in [0.3, 0.4) is 0 Å². The molecule has 184 valence electrons. The number of amides is 1. The minimum Gasteiger partial charge on any atom is -0.481 e. The summed E-state index contributed by atoms with van der Waals surface area (Å²) in [5.74, 6) is 0.496. The molecule has 1 aliphatic heterocycles. The van der Waals surface area contributed by atoms with Crippen LogP contribution in [0.15, 0.2) is 48.5 Å². The van der Waals surface area contributed by atoms with Gasteiger partial charge in [0.25, 0.3) is 5.91 Å². The topological polar surface area (TPSA) is 68.7 Å². The highest BCUT2D eigenvalue weighted by atomic mass is 16.5. The number of pyridine rings is 1. The van der Waals surface area contributed by atoms with E-state index >= 15 is 0 Å². The number of hydrogen-bond donors (Lipinski definition) is 0. The van der Waals surface area contributed by atoms with E-state index in [2.05, 4.69) is 25.1 Å². The third-order valence-corrected chi connectivity index (χ3v) is 6.60. The lowest BCUT2D eigenvalue weighted by Crippen LogP contribution is -2.46. The van der Waals surface area contributed by atoms with Gasteiger partial charge in [0.1, 0.15) is 5.75 Å². The van der Waals surface area contributed by atoms with Crippen molar-refractivity contribution >= 4 is 22.8 Å². The number of nitrogens with zero attached hydrogens (tertiary/aromatic N) is 2. The number of carbonyl (C=O) groups is 2. The van der Waals surface area contributed by atoms with Crippen molar-refractivity contribution in [2.45, 2.75) is 53.1 Å². The van der Waals surface area contributed by atoms with E-state index in [1.54, 1.807) is 13.8 Å². The van der Waals surface area contributed by atoms with Gasteiger partial charge in [0.05, 0.1) is 18.5 Å². The van der Waals surface area contributed by atoms with E-state index in [1.165, 1.54) is 11.1 Å². The molecule has 6 nitrogen and oxygen atoms in total. The van der Waals surface area contributed by atoms with Crippen molar-refractivity contribution in [2.24, 2.45) is 5.92 Å². The summed E-state index contributed by atoms with van der Waals surface area (Å²) in [5, 5.41) is 1.05. The Morgan fingerprint density at radius 3 is 2.69 bits per heavy atom. The fourth-order valence-electron chi connectivity index (χ4n) is 4.91. The normalized spacial score (nSPS) is 16.7. The van der Waals surface area contributed by atoms with Crippen LogP contribution >= 0.6 is 0 Å². The maximum absolute atomic E-state index is 13.1. The average Bonchev–Trinajstić information content (AvgIpc) is 2.83. The van der Waals surface area contributed by atoms with Crippen molar-refractivity contribution in [3.05, 3.63) is 59.8 Å². The predicted molar refractivity (Wildman–Crippen MR) is 137 cm³/mol. The quantitative estimate of drug-likeness (QED) is 0.424. The smallest absolute Gasteiger partial charge is 0.306 e. The molecule has 35 heavy (non-hydrogen) atoms. The van der Waals surface area contributed by atoms with E-state index in [-0.39, 0.29) is 17.8 Å². The Labute approximate surface area is 207 Å². The van der Waals surface area contributed by atoms with Gasteiger partial charge in [-0.15, -0.1) is 0 Å². The van der Waals surface area contributed by atoms with Crippen LogP contribution in [0.4, 0.5) is 0 Å². The van der Waals surface area contributed by atoms with E-state index in [0.29, 0.717) is 31.9 Å². The zero-order valence-electron chi connectivity index (χ0n) is 21.0. The number of rotatable bonds is 7. The molecule has 2 heterocycles. The summed E-state index contributed by atoms with van der Waals surface area (Å²) >= 11 is 0. The maximum Gasteiger partial charge on any atom is 0.306 e. The third-order valence-electron chi connectivity index (χ3n) is 6.60. The summed E-state index contributed by atoms with van der Waals surface area (Å²) in [6.07, 6.45) is 1.53. The van der Waals surface area contributed by atoms with Gasteiger partial charge in [0.2, 0.25) is 0 Å². The Hall–Kier alpha value is -3.41. The molecule has 1 aliphatic rings. The van der Waals surface area contributed by atoms with Gasteiger partial charge in [-0.25, -0.2) is 0 Å². The number of hydrogen-bond acceptors (Lipinski definition) is 5. The molecule has 1 fully saturated rings. The lowest BCUT2D eigenvalue weighted by molar-refractivity contribution is -0.147. The maximum atomic E-state index is 13.1. The molecule has 2 aromatic carbocycles. The van der Waals surface area contributed by atoms with Crippen LogP contribution in [0.1, 0.15) is 44.4 Å². The average molecular weight is 475 g/mol. The van der Waals surface area contributed by atoms with E-state index in [9.17, 15) is 9.59 Å². The van der Waals surface area contributed by atoms with Crippen LogP contribution in [0.25, 0.3) is 22.0 Å². The van der Waals surface area contributed by atoms with Crippen molar-refractivity contribution in [3.8, 4) is 16.9 Å². The second kappa shape index (κ2) is 10.9. The third kappa shape index (κ3) is 5.81. The Bertz CT molecular complexity index is 1220. The van der Waals surface area contributed by atoms with Crippen molar-refractivity contribution < 1.29 is 19.1 Å². The molecule has 2 atom stereocenters. The van der Waals surface area contributed by atoms with Gasteiger partial charge in [0.15, 0.2) is 6.10 Å². The SMILES string of the molecule is CCOC(=O)C[C@H]1CCCN(C(=O)[C@@H](C)Oc2ccc3c(-c4ccccc4C)cc(C)nc3c2)C1. The Morgan fingerprint density at radius 1 is 1.11 bits per heavy atom. The molecule has 1 aromatic heterocycles. The molecular weight excluding hydrogens is 440 g/mol. The van der Waals surface area contributed by atoms with E-state index < -0.39 is 6.10 Å². The first-order valence-corrected chi connectivity index (χ1v) is 12.4. The molecule has 4 rings (SSSR count). The highest BCUT2D eigenvalue weighted by Gasteiger charge is 2.29. The van der Waals surface area contributed by atoms with Gasteiger partial charge in [-0.2, -0.15) is 0 Å². The van der Waals surface area contributed by atoms with Gasteiger partial charge < -0.3 is 14.4 Å². The van der Waals surface area contributed by atoms with Crippen LogP contribution in [0.5, 0.6) is 5.75 Å². The van der Waals surface area contributed by atoms with Crippen LogP contribution in [-0.2, 0) is 14.3 Å². The van der Waals surface area contributed by atoms with Crippen molar-refractivity contribution in [1.29, 1.82) is 0 Å². The van der Waals surface area contributed by atoms with Gasteiger partial charge in [-0.05, 0) is 81.3 Å². The Morgan fingerprint density at radius 2 is 1.91 bits per heavy atom. The lowest BCUT2D eigenvalue weighted by Gasteiger charge is -2.34. The highest BCUT2D eigenvalue weighted by molar-refractivity contribution is 5.96. The van der Waals surface area contributed by atoms with Gasteiger partial charge in [-0.1, -0.05) is 24.3 Å². The molecule has 0 aliphatic carbocycles. The van der Waals surface area contributed by atoms with E-state index in [4.69, 9.17) is 14.5 Å². The highest BCUT2D eigenvalue weighted by Crippen LogP contribution is 2.33. The number of ether oxygens (including phenoxy) is 2. The number of aromatic nitrogens is 1. The lowest BCUT2D eigenvalue weighted by atomic mass is 9.94. The largest absolute Gasteiger partial charge is 0.481 e. The zero-order valence-corrected chi connectivity index (χ0v) is 21.0. The second-order valence-electron chi connectivity index (χ2n) is 9.37. The molecule has 1 saturated heterocycles. The summed E-state index contributed by atoms with van der Waals surface area (Å²) in [6.45, 7) is 9.31. The van der Waals surface area contributed by atoms with Crippen molar-refractivity contribution in [1.82, 2.24) is 9.88 Å². The van der Waals surface area contributed by atoms with Crippen LogP contribution in [0, 0.1) is 19.8 Å². The van der Waals surface area contributed by atoms with E-state index in [0.717, 1.165) is 35.0 Å². The van der Waals surface area contributed by atoms with Crippen LogP contribution < -0.4 is 4.74 Å². The summed E-state index contributed by atoms with van der Waals surface area (Å²) in [6, 6.07) is 16.3. The molecule has 0 radical (unpaired) electrons. The molecule has 0 N–H and O–H groups in total. The Balaban J connectivity index is 1.49. The standard InChI is InChI=1S/C29H34N2O4/c1-5-34-28(32)16-22-10-8-14-31(18-22)29(33)21(4)35-23-12-13-25-26(15-20(3)30-27(25)17-23)24-11-7-6-9-19(24)2/h6-7,9,11-13,15,17,21-22H,5,8,10,14,16,18H2,1-4H3/t21-,22-/m1/s1. The molecule has 0 spiro atoms. The minimum atomic E-state index is -0.630. The van der Waals surface area contributed by atoms with Crippen LogP contribution in [-0.4, -0.2) is 47.6 Å². The first kappa shape index (κ1) is 24.7. The van der Waals surface area contributed by atoms with Crippen molar-refractivity contribution in [3.63, 3.8) is 0 Å². The first-order chi connectivity index (χ1) is 16.9. The fraction of sp³-hybridized carbons (Fsp3) is 0.414. The van der Waals surface area contributed by atoms with Crippen LogP contribution in [0.2, 0.25) is 0 Å². The zero-order chi connectivity index (χ0) is 24.9. The number of carbonyl (C=O) groups excluding carboxylic acids is 2. The van der Waals surface area contributed by atoms with Gasteiger partial charge in [0, 0.05) is 30.2 Å². The molecule has 1 amide bonds. The summed E-state index contributed by atoms with van der Waals surface area (Å²) < 4.78 is 11.2. The summed E-state index contributed by atoms with van der Waals surface area (Å²) in [4.78, 5) is 31.5. The molecule has 0 saturated carbocycles. The number of fused-ring (bicyclic) bond motifs is 1. The van der Waals surface area contributed by atoms with Gasteiger partial charge >= 0.3 is 5.97 Å². The number of aryl methyl sites for hydroxylation is 2. The molecule has 6 heteroatoms. The first-order valence-electron chi connectivity index (χ1n) is 12.4. The number of benzene rings is 2. The summed E-state index contributed by atoms with van der Waals surface area (Å²) in [7, 11) is 0. The molecule has 3 aromatic rings. The minimum absolute atomic E-state index is 0.0588. The van der Waals surface area contributed by atoms with Gasteiger partial charge in [-0.3, -0.25) is 14.6 Å². The summed E-state index contributed by atoms with van der Waals surface area (Å²) in [5.41, 5.74) is 5.30. The molecular formula is C29H34N2O4. The molecule has 0 bridgehead atoms. The Kier molecular flexibility index (Phi) is 7.69. The molecule has 0 unspecified atom stereocenters. The number of likely N-dealkylation sites (tertiary alicyclic amines) is 1. The number of piperidine rings is 1. The fourth-order valence-corrected chi connectivity index (χ4v) is 4.91. The second-order valence-corrected chi connectivity index (χ2v) is 9.37. The van der Waals surface area contributed by atoms with E-state index in [1.807, 2.05) is 42.2 Å². The predicted octanol–water partition coefficient (Wildman–Crippen LogP) is 5.48. The number of esters is 1.